The molecule has 0 spiro atoms. The second-order valence-electron chi connectivity index (χ2n) is 8.98. The molecule has 0 saturated carbocycles. The molecule has 4 N–H and O–H groups in total. The first-order valence-corrected chi connectivity index (χ1v) is 13.4. The fourth-order valence-electron chi connectivity index (χ4n) is 3.54. The number of benzene rings is 3. The third-order valence-corrected chi connectivity index (χ3v) is 5.59. The van der Waals surface area contributed by atoms with E-state index in [0.717, 1.165) is 45.2 Å². The lowest BCUT2D eigenvalue weighted by Crippen LogP contribution is -2.13. The van der Waals surface area contributed by atoms with Gasteiger partial charge in [0.2, 0.25) is 0 Å². The Morgan fingerprint density at radius 3 is 2.22 bits per heavy atom. The Labute approximate surface area is 244 Å². The number of anilines is 2. The van der Waals surface area contributed by atoms with E-state index < -0.39 is 0 Å². The van der Waals surface area contributed by atoms with E-state index in [1.807, 2.05) is 51.3 Å². The van der Waals surface area contributed by atoms with Gasteiger partial charge in [-0.25, -0.2) is 4.39 Å². The summed E-state index contributed by atoms with van der Waals surface area (Å²) in [6.45, 7) is 13.2. The van der Waals surface area contributed by atoms with Crippen LogP contribution in [0, 0.1) is 12.7 Å². The maximum absolute atomic E-state index is 13.2. The number of rotatable bonds is 9. The first kappa shape index (κ1) is 34.5. The van der Waals surface area contributed by atoms with E-state index in [0.29, 0.717) is 6.54 Å². The number of alkyl halides is 1. The molecule has 0 radical (unpaired) electrons. The monoisotopic (exact) mass is 559 g/mol. The first-order valence-electron chi connectivity index (χ1n) is 13.4. The van der Waals surface area contributed by atoms with Crippen LogP contribution in [0.2, 0.25) is 0 Å². The molecular formula is C34H43F2N5. The van der Waals surface area contributed by atoms with Crippen LogP contribution in [0.5, 0.6) is 0 Å². The minimum absolute atomic E-state index is 0.247. The van der Waals surface area contributed by atoms with Crippen molar-refractivity contribution < 1.29 is 8.78 Å². The largest absolute Gasteiger partial charge is 0.405 e. The van der Waals surface area contributed by atoms with Gasteiger partial charge in [-0.3, -0.25) is 14.4 Å². The molecule has 0 aliphatic heterocycles. The Bertz CT molecular complexity index is 1340. The lowest BCUT2D eigenvalue weighted by Gasteiger charge is -2.12. The molecule has 0 fully saturated rings. The Morgan fingerprint density at radius 2 is 1.61 bits per heavy atom. The maximum Gasteiger partial charge on any atom is 0.123 e. The second kappa shape index (κ2) is 19.5. The molecule has 0 aromatic heterocycles. The number of aryl methyl sites for hydroxylation is 1. The smallest absolute Gasteiger partial charge is 0.123 e. The number of nitrogens with one attached hydrogen (secondary N) is 2. The average Bonchev–Trinajstić information content (AvgIpc) is 2.94. The van der Waals surface area contributed by atoms with Crippen LogP contribution < -0.4 is 16.4 Å². The van der Waals surface area contributed by atoms with Crippen molar-refractivity contribution >= 4 is 23.3 Å². The minimum atomic E-state index is -0.250. The van der Waals surface area contributed by atoms with Crippen LogP contribution >= 0.6 is 0 Å². The molecule has 0 heterocycles. The fourth-order valence-corrected chi connectivity index (χ4v) is 3.54. The van der Waals surface area contributed by atoms with Crippen LogP contribution in [-0.4, -0.2) is 25.6 Å². The van der Waals surface area contributed by atoms with Gasteiger partial charge in [0.15, 0.2) is 0 Å². The molecule has 41 heavy (non-hydrogen) atoms. The van der Waals surface area contributed by atoms with Crippen molar-refractivity contribution in [2.24, 2.45) is 15.7 Å². The number of halogens is 2. The summed E-state index contributed by atoms with van der Waals surface area (Å²) in [5, 5.41) is 6.82. The molecule has 5 nitrogen and oxygen atoms in total. The summed E-state index contributed by atoms with van der Waals surface area (Å²) in [7, 11) is 1.76. The van der Waals surface area contributed by atoms with E-state index in [1.165, 1.54) is 30.8 Å². The second-order valence-corrected chi connectivity index (χ2v) is 8.98. The van der Waals surface area contributed by atoms with E-state index >= 15 is 0 Å². The third kappa shape index (κ3) is 13.4. The number of hydrogen-bond acceptors (Lipinski definition) is 5. The van der Waals surface area contributed by atoms with E-state index in [4.69, 9.17) is 4.99 Å². The van der Waals surface area contributed by atoms with E-state index in [2.05, 4.69) is 65.2 Å². The van der Waals surface area contributed by atoms with Crippen molar-refractivity contribution in [3.8, 4) is 0 Å². The van der Waals surface area contributed by atoms with Gasteiger partial charge in [0.1, 0.15) is 5.82 Å². The summed E-state index contributed by atoms with van der Waals surface area (Å²) in [4.78, 5) is 9.05. The molecule has 3 rings (SSSR count). The fraction of sp³-hybridized carbons (Fsp3) is 0.235. The average molecular weight is 560 g/mol. The van der Waals surface area contributed by atoms with Gasteiger partial charge >= 0.3 is 0 Å². The highest BCUT2D eigenvalue weighted by Gasteiger charge is 2.07. The van der Waals surface area contributed by atoms with Gasteiger partial charge in [-0.05, 0) is 100.0 Å². The van der Waals surface area contributed by atoms with Crippen LogP contribution in [0.25, 0.3) is 0 Å². The summed E-state index contributed by atoms with van der Waals surface area (Å²) in [6, 6.07) is 22.8. The normalized spacial score (nSPS) is 11.9. The number of aliphatic imine (C=N–C) groups is 2. The van der Waals surface area contributed by atoms with Crippen molar-refractivity contribution in [2.45, 2.75) is 41.2 Å². The number of allylic oxidation sites excluding steroid dienone is 4. The molecule has 218 valence electrons. The summed E-state index contributed by atoms with van der Waals surface area (Å²) in [5.41, 5.74) is 13.7. The Balaban J connectivity index is 0.00000129. The van der Waals surface area contributed by atoms with Gasteiger partial charge in [-0.15, -0.1) is 0 Å². The van der Waals surface area contributed by atoms with Gasteiger partial charge in [0.05, 0.1) is 12.4 Å². The highest BCUT2D eigenvalue weighted by atomic mass is 19.1. The standard InChI is InChI=1S/C30H33FN4.C2H5F.C2H5N/c1-21-9-6-7-12-29(21)30(34-24(4)22(2)19-32-5)17-23(3)33-20-25-10-8-11-28(18-25)35-27-15-13-26(31)14-16-27;2*1-2-3/h6-19,33,35H,20H2,1-5H3;2H2,1H3;2H,1,3H2/b23-17+,24-22+,32-19?,34-30+;;. The molecule has 3 aromatic rings. The molecule has 0 aliphatic carbocycles. The number of nitrogens with zero attached hydrogens (tertiary/aromatic N) is 2. The zero-order chi connectivity index (χ0) is 30.6. The van der Waals surface area contributed by atoms with Gasteiger partial charge in [0.25, 0.3) is 0 Å². The predicted molar refractivity (Wildman–Crippen MR) is 173 cm³/mol. The van der Waals surface area contributed by atoms with Gasteiger partial charge in [-0.2, -0.15) is 0 Å². The van der Waals surface area contributed by atoms with Gasteiger partial charge in [-0.1, -0.05) is 43.0 Å². The SMILES string of the molecule is C=CN.CCF.CN=C/C(C)=C(C)/N=C(\C=C(/C)NCc1cccc(Nc2ccc(F)cc2)c1)c1ccccc1C. The predicted octanol–water partition coefficient (Wildman–Crippen LogP) is 8.42. The van der Waals surface area contributed by atoms with Crippen LogP contribution in [0.15, 0.2) is 119 Å². The topological polar surface area (TPSA) is 74.8 Å². The maximum atomic E-state index is 13.2. The molecule has 3 aromatic carbocycles. The zero-order valence-corrected chi connectivity index (χ0v) is 25.0. The molecular weight excluding hydrogens is 516 g/mol. The van der Waals surface area contributed by atoms with Crippen molar-refractivity contribution in [1.82, 2.24) is 5.32 Å². The summed E-state index contributed by atoms with van der Waals surface area (Å²) in [6.07, 6.45) is 5.17. The van der Waals surface area contributed by atoms with Crippen molar-refractivity contribution in [1.29, 1.82) is 0 Å². The van der Waals surface area contributed by atoms with Crippen LogP contribution in [-0.2, 0) is 6.54 Å². The first-order chi connectivity index (χ1) is 19.7. The zero-order valence-electron chi connectivity index (χ0n) is 25.0. The van der Waals surface area contributed by atoms with Crippen molar-refractivity contribution in [3.63, 3.8) is 0 Å². The number of nitrogens with two attached hydrogens (primary N) is 1. The number of hydrogen-bond donors (Lipinski definition) is 3. The lowest BCUT2D eigenvalue weighted by atomic mass is 10.0. The third-order valence-electron chi connectivity index (χ3n) is 5.59. The van der Waals surface area contributed by atoms with Crippen LogP contribution in [0.1, 0.15) is 44.4 Å². The van der Waals surface area contributed by atoms with Crippen LogP contribution in [0.4, 0.5) is 20.2 Å². The highest BCUT2D eigenvalue weighted by molar-refractivity contribution is 6.10. The Morgan fingerprint density at radius 1 is 0.976 bits per heavy atom. The molecule has 0 atom stereocenters. The van der Waals surface area contributed by atoms with E-state index in [1.54, 1.807) is 19.2 Å². The minimum Gasteiger partial charge on any atom is -0.405 e. The lowest BCUT2D eigenvalue weighted by molar-refractivity contribution is 0.527. The molecule has 0 bridgehead atoms. The quantitative estimate of drug-likeness (QED) is 0.230. The van der Waals surface area contributed by atoms with Gasteiger partial charge < -0.3 is 16.4 Å². The summed E-state index contributed by atoms with van der Waals surface area (Å²) < 4.78 is 23.5. The van der Waals surface area contributed by atoms with Crippen molar-refractivity contribution in [2.75, 3.05) is 19.0 Å². The van der Waals surface area contributed by atoms with E-state index in [9.17, 15) is 8.78 Å². The van der Waals surface area contributed by atoms with Crippen molar-refractivity contribution in [3.05, 3.63) is 131 Å². The highest BCUT2D eigenvalue weighted by Crippen LogP contribution is 2.19. The Hall–Kier alpha value is -4.52. The molecule has 0 unspecified atom stereocenters. The molecule has 0 saturated heterocycles. The molecule has 7 heteroatoms. The Kier molecular flexibility index (Phi) is 16.4. The molecule has 0 amide bonds. The molecule has 0 aliphatic rings. The van der Waals surface area contributed by atoms with Crippen LogP contribution in [0.3, 0.4) is 0 Å². The summed E-state index contributed by atoms with van der Waals surface area (Å²) >= 11 is 0. The van der Waals surface area contributed by atoms with E-state index in [-0.39, 0.29) is 12.5 Å². The summed E-state index contributed by atoms with van der Waals surface area (Å²) in [5.74, 6) is -0.247. The van der Waals surface area contributed by atoms with Gasteiger partial charge in [0, 0.05) is 48.1 Å².